The molecule has 4 rings (SSSR count). The van der Waals surface area contributed by atoms with Gasteiger partial charge in [0.1, 0.15) is 0 Å². The second kappa shape index (κ2) is 7.82. The van der Waals surface area contributed by atoms with Gasteiger partial charge in [-0.3, -0.25) is 14.6 Å². The summed E-state index contributed by atoms with van der Waals surface area (Å²) in [5.41, 5.74) is -0.0144. The largest absolute Gasteiger partial charge is 0.383 e. The van der Waals surface area contributed by atoms with E-state index in [1.807, 2.05) is 11.3 Å². The summed E-state index contributed by atoms with van der Waals surface area (Å²) in [5, 5.41) is 2.16. The number of hydrogen-bond donors (Lipinski definition) is 0. The van der Waals surface area contributed by atoms with Crippen LogP contribution in [0.15, 0.2) is 17.5 Å². The molecule has 4 heterocycles. The molecule has 1 aromatic rings. The van der Waals surface area contributed by atoms with Gasteiger partial charge in [0.15, 0.2) is 0 Å². The quantitative estimate of drug-likeness (QED) is 0.747. The lowest BCUT2D eigenvalue weighted by molar-refractivity contribution is -0.142. The lowest BCUT2D eigenvalue weighted by atomic mass is 9.60. The Morgan fingerprint density at radius 2 is 1.96 bits per heavy atom. The molecule has 0 aliphatic carbocycles. The minimum absolute atomic E-state index is 0.147. The molecule has 3 aliphatic heterocycles. The molecule has 27 heavy (non-hydrogen) atoms. The number of fused-ring (bicyclic) bond motifs is 1. The third kappa shape index (κ3) is 3.35. The average Bonchev–Trinajstić information content (AvgIpc) is 3.37. The van der Waals surface area contributed by atoms with Gasteiger partial charge < -0.3 is 9.64 Å². The van der Waals surface area contributed by atoms with Crippen LogP contribution >= 0.6 is 11.3 Å². The number of ether oxygens (including phenoxy) is 1. The molecule has 0 bridgehead atoms. The van der Waals surface area contributed by atoms with E-state index in [1.54, 1.807) is 7.11 Å². The van der Waals surface area contributed by atoms with E-state index in [9.17, 15) is 4.79 Å². The summed E-state index contributed by atoms with van der Waals surface area (Å²) in [5.74, 6) is 0.427. The topological polar surface area (TPSA) is 36.0 Å². The number of nitrogens with zero attached hydrogens (tertiary/aromatic N) is 3. The predicted molar refractivity (Wildman–Crippen MR) is 109 cm³/mol. The van der Waals surface area contributed by atoms with Crippen molar-refractivity contribution in [1.82, 2.24) is 14.7 Å². The molecule has 0 radical (unpaired) electrons. The first kappa shape index (κ1) is 19.4. The zero-order valence-electron chi connectivity index (χ0n) is 16.8. The van der Waals surface area contributed by atoms with E-state index >= 15 is 0 Å². The Morgan fingerprint density at radius 1 is 1.15 bits per heavy atom. The van der Waals surface area contributed by atoms with E-state index in [0.717, 1.165) is 78.2 Å². The number of piperidine rings is 1. The van der Waals surface area contributed by atoms with Gasteiger partial charge in [0.2, 0.25) is 5.91 Å². The number of carbonyl (C=O) groups excluding carboxylic acids is 1. The van der Waals surface area contributed by atoms with E-state index in [4.69, 9.17) is 4.74 Å². The Hall–Kier alpha value is -0.950. The highest BCUT2D eigenvalue weighted by Gasteiger charge is 2.64. The monoisotopic (exact) mass is 391 g/mol. The van der Waals surface area contributed by atoms with Gasteiger partial charge in [-0.2, -0.15) is 0 Å². The van der Waals surface area contributed by atoms with Crippen LogP contribution < -0.4 is 0 Å². The van der Waals surface area contributed by atoms with Crippen LogP contribution in [0.4, 0.5) is 0 Å². The van der Waals surface area contributed by atoms with E-state index in [2.05, 4.69) is 39.1 Å². The SMILES string of the molecule is CCN1CC[C@]2(CN(CCOC)CC23CCN(Cc2cccs2)CC3)C1=O. The minimum Gasteiger partial charge on any atom is -0.383 e. The van der Waals surface area contributed by atoms with Crippen molar-refractivity contribution < 1.29 is 9.53 Å². The summed E-state index contributed by atoms with van der Waals surface area (Å²) in [6, 6.07) is 4.37. The number of methoxy groups -OCH3 is 1. The van der Waals surface area contributed by atoms with Gasteiger partial charge in [-0.25, -0.2) is 0 Å². The van der Waals surface area contributed by atoms with Crippen LogP contribution in [0, 0.1) is 10.8 Å². The molecule has 0 saturated carbocycles. The molecular weight excluding hydrogens is 358 g/mol. The maximum Gasteiger partial charge on any atom is 0.230 e. The second-order valence-electron chi connectivity index (χ2n) is 8.56. The number of hydrogen-bond acceptors (Lipinski definition) is 5. The molecule has 1 amide bonds. The zero-order chi connectivity index (χ0) is 18.9. The number of rotatable bonds is 6. The van der Waals surface area contributed by atoms with Crippen LogP contribution in [0.1, 0.15) is 31.1 Å². The summed E-state index contributed by atoms with van der Waals surface area (Å²) in [7, 11) is 1.77. The van der Waals surface area contributed by atoms with E-state index in [-0.39, 0.29) is 10.8 Å². The lowest BCUT2D eigenvalue weighted by Crippen LogP contribution is -2.52. The van der Waals surface area contributed by atoms with Crippen LogP contribution in [0.2, 0.25) is 0 Å². The van der Waals surface area contributed by atoms with E-state index in [0.29, 0.717) is 5.91 Å². The highest BCUT2D eigenvalue weighted by Crippen LogP contribution is 2.57. The van der Waals surface area contributed by atoms with Gasteiger partial charge in [0.05, 0.1) is 12.0 Å². The summed E-state index contributed by atoms with van der Waals surface area (Å²) < 4.78 is 5.33. The summed E-state index contributed by atoms with van der Waals surface area (Å²) >= 11 is 1.85. The van der Waals surface area contributed by atoms with Crippen LogP contribution in [-0.2, 0) is 16.1 Å². The van der Waals surface area contributed by atoms with Crippen LogP contribution in [0.25, 0.3) is 0 Å². The van der Waals surface area contributed by atoms with E-state index < -0.39 is 0 Å². The molecule has 2 spiro atoms. The Bertz CT molecular complexity index is 642. The van der Waals surface area contributed by atoms with E-state index in [1.165, 1.54) is 4.88 Å². The Labute approximate surface area is 167 Å². The number of thiophene rings is 1. The first-order valence-electron chi connectivity index (χ1n) is 10.4. The molecule has 3 saturated heterocycles. The Morgan fingerprint density at radius 3 is 2.59 bits per heavy atom. The predicted octanol–water partition coefficient (Wildman–Crippen LogP) is 2.53. The maximum absolute atomic E-state index is 13.4. The molecule has 3 aliphatic rings. The molecule has 0 aromatic carbocycles. The summed E-state index contributed by atoms with van der Waals surface area (Å²) in [6.07, 6.45) is 3.32. The van der Waals surface area contributed by atoms with Crippen LogP contribution in [-0.4, -0.2) is 80.1 Å². The Kier molecular flexibility index (Phi) is 5.61. The third-order valence-corrected chi connectivity index (χ3v) is 8.17. The number of amides is 1. The molecule has 0 N–H and O–H groups in total. The first-order chi connectivity index (χ1) is 13.1. The average molecular weight is 392 g/mol. The molecule has 1 atom stereocenters. The fourth-order valence-electron chi connectivity index (χ4n) is 5.74. The molecule has 1 aromatic heterocycles. The zero-order valence-corrected chi connectivity index (χ0v) is 17.6. The standard InChI is InChI=1S/C21H33N3O2S/c1-3-24-11-8-21(19(24)25)17-23(12-13-26-2)16-20(21)6-9-22(10-7-20)15-18-5-4-14-27-18/h4-5,14H,3,6-13,15-17H2,1-2H3/t21-/m0/s1. The van der Waals surface area contributed by atoms with Gasteiger partial charge in [0, 0.05) is 56.7 Å². The third-order valence-electron chi connectivity index (χ3n) is 7.31. The molecular formula is C21H33N3O2S. The second-order valence-corrected chi connectivity index (χ2v) is 9.59. The highest BCUT2D eigenvalue weighted by atomic mass is 32.1. The van der Waals surface area contributed by atoms with Crippen molar-refractivity contribution in [1.29, 1.82) is 0 Å². The molecule has 150 valence electrons. The Balaban J connectivity index is 1.51. The molecule has 5 nitrogen and oxygen atoms in total. The van der Waals surface area contributed by atoms with Crippen molar-refractivity contribution >= 4 is 17.2 Å². The van der Waals surface area contributed by atoms with Gasteiger partial charge in [-0.1, -0.05) is 6.07 Å². The van der Waals surface area contributed by atoms with Crippen molar-refractivity contribution in [2.75, 3.05) is 59.5 Å². The first-order valence-corrected chi connectivity index (χ1v) is 11.3. The summed E-state index contributed by atoms with van der Waals surface area (Å²) in [4.78, 5) is 22.1. The smallest absolute Gasteiger partial charge is 0.230 e. The van der Waals surface area contributed by atoms with Gasteiger partial charge in [-0.15, -0.1) is 11.3 Å². The summed E-state index contributed by atoms with van der Waals surface area (Å²) in [6.45, 7) is 10.9. The fraction of sp³-hybridized carbons (Fsp3) is 0.762. The van der Waals surface area contributed by atoms with Crippen molar-refractivity contribution in [2.45, 2.75) is 32.7 Å². The molecule has 0 unspecified atom stereocenters. The highest BCUT2D eigenvalue weighted by molar-refractivity contribution is 7.09. The normalized spacial score (nSPS) is 28.8. The van der Waals surface area contributed by atoms with Gasteiger partial charge in [-0.05, 0) is 50.7 Å². The fourth-order valence-corrected chi connectivity index (χ4v) is 6.49. The van der Waals surface area contributed by atoms with Crippen molar-refractivity contribution in [3.8, 4) is 0 Å². The van der Waals surface area contributed by atoms with Crippen molar-refractivity contribution in [3.63, 3.8) is 0 Å². The van der Waals surface area contributed by atoms with Crippen molar-refractivity contribution in [3.05, 3.63) is 22.4 Å². The lowest BCUT2D eigenvalue weighted by Gasteiger charge is -2.47. The van der Waals surface area contributed by atoms with Crippen LogP contribution in [0.3, 0.4) is 0 Å². The number of likely N-dealkylation sites (tertiary alicyclic amines) is 3. The maximum atomic E-state index is 13.4. The van der Waals surface area contributed by atoms with Crippen molar-refractivity contribution in [2.24, 2.45) is 10.8 Å². The molecule has 3 fully saturated rings. The molecule has 6 heteroatoms. The van der Waals surface area contributed by atoms with Crippen LogP contribution in [0.5, 0.6) is 0 Å². The van der Waals surface area contributed by atoms with Gasteiger partial charge >= 0.3 is 0 Å². The van der Waals surface area contributed by atoms with Gasteiger partial charge in [0.25, 0.3) is 0 Å². The number of carbonyl (C=O) groups is 1. The minimum atomic E-state index is -0.161.